The normalized spacial score (nSPS) is 12.8. The summed E-state index contributed by atoms with van der Waals surface area (Å²) >= 11 is 0. The second-order valence-electron chi connectivity index (χ2n) is 2.39. The minimum Gasteiger partial charge on any atom is -0.486 e. The molecule has 0 saturated carbocycles. The molecule has 0 aromatic heterocycles. The summed E-state index contributed by atoms with van der Waals surface area (Å²) < 4.78 is 18.0. The van der Waals surface area contributed by atoms with Crippen LogP contribution in [0.3, 0.4) is 0 Å². The van der Waals surface area contributed by atoms with Crippen LogP contribution >= 0.6 is 0 Å². The van der Waals surface area contributed by atoms with Crippen LogP contribution < -0.4 is 10.1 Å². The lowest BCUT2D eigenvalue weighted by Crippen LogP contribution is -2.18. The summed E-state index contributed by atoms with van der Waals surface area (Å²) in [4.78, 5) is 0. The van der Waals surface area contributed by atoms with Crippen molar-refractivity contribution in [1.29, 1.82) is 0 Å². The molecule has 1 aromatic carbocycles. The Labute approximate surface area is 77.7 Å². The highest BCUT2D eigenvalue weighted by atomic mass is 19.1. The average Bonchev–Trinajstić information content (AvgIpc) is 2.22. The Morgan fingerprint density at radius 1 is 1.38 bits per heavy atom. The number of halogens is 1. The first-order valence-electron chi connectivity index (χ1n) is 4.53. The number of ether oxygens (including phenoxy) is 1. The van der Waals surface area contributed by atoms with Crippen molar-refractivity contribution in [2.24, 2.45) is 0 Å². The minimum absolute atomic E-state index is 0.297. The molecule has 13 heavy (non-hydrogen) atoms. The van der Waals surface area contributed by atoms with Gasteiger partial charge in [0.25, 0.3) is 0 Å². The Hall–Kier alpha value is -1.25. The van der Waals surface area contributed by atoms with Gasteiger partial charge in [-0.05, 0) is 12.1 Å². The molecular formula is C10H14FNO. The maximum Gasteiger partial charge on any atom is 0.178 e. The fourth-order valence-corrected chi connectivity index (χ4v) is 1.13. The lowest BCUT2D eigenvalue weighted by Gasteiger charge is -2.18. The van der Waals surface area contributed by atoms with Crippen LogP contribution in [-0.4, -0.2) is 13.2 Å². The Kier molecular flexibility index (Phi) is 3.55. The van der Waals surface area contributed by atoms with Crippen LogP contribution in [0, 0.1) is 5.82 Å². The van der Waals surface area contributed by atoms with Gasteiger partial charge in [0, 0.05) is 6.54 Å². The molecule has 1 heterocycles. The highest BCUT2D eigenvalue weighted by Crippen LogP contribution is 2.29. The van der Waals surface area contributed by atoms with Crippen LogP contribution in [0.15, 0.2) is 18.2 Å². The van der Waals surface area contributed by atoms with Gasteiger partial charge in [0.15, 0.2) is 11.6 Å². The van der Waals surface area contributed by atoms with Crippen LogP contribution in [0.2, 0.25) is 0 Å². The van der Waals surface area contributed by atoms with E-state index >= 15 is 0 Å². The fraction of sp³-hybridized carbons (Fsp3) is 0.400. The molecule has 1 aliphatic heterocycles. The quantitative estimate of drug-likeness (QED) is 0.667. The van der Waals surface area contributed by atoms with Crippen molar-refractivity contribution in [1.82, 2.24) is 0 Å². The minimum atomic E-state index is -0.297. The molecule has 0 radical (unpaired) electrons. The monoisotopic (exact) mass is 183 g/mol. The van der Waals surface area contributed by atoms with E-state index in [1.807, 2.05) is 13.8 Å². The highest BCUT2D eigenvalue weighted by molar-refractivity contribution is 5.58. The van der Waals surface area contributed by atoms with Gasteiger partial charge >= 0.3 is 0 Å². The molecule has 3 heteroatoms. The Balaban J connectivity index is 0.000000396. The van der Waals surface area contributed by atoms with Crippen molar-refractivity contribution in [2.45, 2.75) is 13.8 Å². The standard InChI is InChI=1S/C8H8FNO.C2H6/c9-6-2-1-3-7-8(6)11-5-4-10-7;1-2/h1-3,10H,4-5H2;1-2H3. The zero-order valence-corrected chi connectivity index (χ0v) is 7.93. The molecule has 0 amide bonds. The first kappa shape index (κ1) is 9.84. The lowest BCUT2D eigenvalue weighted by molar-refractivity contribution is 0.306. The van der Waals surface area contributed by atoms with Crippen molar-refractivity contribution >= 4 is 5.69 Å². The van der Waals surface area contributed by atoms with Gasteiger partial charge in [-0.1, -0.05) is 19.9 Å². The van der Waals surface area contributed by atoms with Crippen LogP contribution in [-0.2, 0) is 0 Å². The van der Waals surface area contributed by atoms with Gasteiger partial charge in [-0.2, -0.15) is 0 Å². The van der Waals surface area contributed by atoms with E-state index in [0.717, 1.165) is 12.2 Å². The van der Waals surface area contributed by atoms with E-state index in [9.17, 15) is 4.39 Å². The van der Waals surface area contributed by atoms with Gasteiger partial charge in [0.2, 0.25) is 0 Å². The third kappa shape index (κ3) is 2.11. The summed E-state index contributed by atoms with van der Waals surface area (Å²) in [5, 5.41) is 3.04. The molecule has 0 atom stereocenters. The molecule has 2 nitrogen and oxygen atoms in total. The molecule has 2 rings (SSSR count). The van der Waals surface area contributed by atoms with Gasteiger partial charge in [-0.25, -0.2) is 4.39 Å². The van der Waals surface area contributed by atoms with Crippen molar-refractivity contribution in [3.8, 4) is 5.75 Å². The molecule has 1 aliphatic rings. The Morgan fingerprint density at radius 3 is 2.85 bits per heavy atom. The largest absolute Gasteiger partial charge is 0.486 e. The van der Waals surface area contributed by atoms with Crippen molar-refractivity contribution in [2.75, 3.05) is 18.5 Å². The molecule has 0 unspecified atom stereocenters. The first-order valence-corrected chi connectivity index (χ1v) is 4.53. The summed E-state index contributed by atoms with van der Waals surface area (Å²) in [6, 6.07) is 4.86. The second kappa shape index (κ2) is 4.70. The highest BCUT2D eigenvalue weighted by Gasteiger charge is 2.12. The summed E-state index contributed by atoms with van der Waals surface area (Å²) in [7, 11) is 0. The number of fused-ring (bicyclic) bond motifs is 1. The van der Waals surface area contributed by atoms with E-state index in [0.29, 0.717) is 12.4 Å². The number of rotatable bonds is 0. The number of benzene rings is 1. The topological polar surface area (TPSA) is 21.3 Å². The first-order chi connectivity index (χ1) is 6.38. The number of anilines is 1. The smallest absolute Gasteiger partial charge is 0.178 e. The molecule has 0 fully saturated rings. The zero-order chi connectivity index (χ0) is 9.68. The Morgan fingerprint density at radius 2 is 2.15 bits per heavy atom. The van der Waals surface area contributed by atoms with Gasteiger partial charge < -0.3 is 10.1 Å². The number of hydrogen-bond acceptors (Lipinski definition) is 2. The van der Waals surface area contributed by atoms with Crippen LogP contribution in [0.4, 0.5) is 10.1 Å². The van der Waals surface area contributed by atoms with E-state index in [1.54, 1.807) is 12.1 Å². The molecular weight excluding hydrogens is 169 g/mol. The van der Waals surface area contributed by atoms with E-state index in [-0.39, 0.29) is 5.82 Å². The SMILES string of the molecule is CC.Fc1cccc2c1OCCN2. The fourth-order valence-electron chi connectivity index (χ4n) is 1.13. The molecule has 0 saturated heterocycles. The third-order valence-electron chi connectivity index (χ3n) is 1.63. The average molecular weight is 183 g/mol. The summed E-state index contributed by atoms with van der Waals surface area (Å²) in [6.07, 6.45) is 0. The number of para-hydroxylation sites is 1. The van der Waals surface area contributed by atoms with Crippen molar-refractivity contribution in [3.63, 3.8) is 0 Å². The lowest BCUT2D eigenvalue weighted by atomic mass is 10.2. The summed E-state index contributed by atoms with van der Waals surface area (Å²) in [6.45, 7) is 5.28. The van der Waals surface area contributed by atoms with Gasteiger partial charge in [0.1, 0.15) is 6.61 Å². The molecule has 1 N–H and O–H groups in total. The van der Waals surface area contributed by atoms with Crippen LogP contribution in [0.5, 0.6) is 5.75 Å². The molecule has 0 aliphatic carbocycles. The molecule has 0 bridgehead atoms. The van der Waals surface area contributed by atoms with Crippen LogP contribution in [0.1, 0.15) is 13.8 Å². The summed E-state index contributed by atoms with van der Waals surface area (Å²) in [5.41, 5.74) is 0.747. The van der Waals surface area contributed by atoms with Gasteiger partial charge in [0.05, 0.1) is 5.69 Å². The molecule has 0 spiro atoms. The number of nitrogens with one attached hydrogen (secondary N) is 1. The van der Waals surface area contributed by atoms with E-state index in [2.05, 4.69) is 5.32 Å². The van der Waals surface area contributed by atoms with Gasteiger partial charge in [-0.3, -0.25) is 0 Å². The van der Waals surface area contributed by atoms with Crippen molar-refractivity contribution < 1.29 is 9.13 Å². The van der Waals surface area contributed by atoms with Crippen molar-refractivity contribution in [3.05, 3.63) is 24.0 Å². The molecule has 1 aromatic rings. The number of hydrogen-bond donors (Lipinski definition) is 1. The second-order valence-corrected chi connectivity index (χ2v) is 2.39. The van der Waals surface area contributed by atoms with Crippen LogP contribution in [0.25, 0.3) is 0 Å². The predicted molar refractivity (Wildman–Crippen MR) is 51.7 cm³/mol. The van der Waals surface area contributed by atoms with E-state index in [1.165, 1.54) is 6.07 Å². The maximum atomic E-state index is 12.9. The maximum absolute atomic E-state index is 12.9. The van der Waals surface area contributed by atoms with Gasteiger partial charge in [-0.15, -0.1) is 0 Å². The molecule has 72 valence electrons. The van der Waals surface area contributed by atoms with E-state index < -0.39 is 0 Å². The summed E-state index contributed by atoms with van der Waals surface area (Å²) in [5.74, 6) is 0.0495. The van der Waals surface area contributed by atoms with E-state index in [4.69, 9.17) is 4.74 Å². The zero-order valence-electron chi connectivity index (χ0n) is 7.93. The Bertz CT molecular complexity index is 276. The predicted octanol–water partition coefficient (Wildman–Crippen LogP) is 2.66. The third-order valence-corrected chi connectivity index (χ3v) is 1.63.